The lowest BCUT2D eigenvalue weighted by Gasteiger charge is -2.07. The maximum atomic E-state index is 11.9. The van der Waals surface area contributed by atoms with Gasteiger partial charge in [0, 0.05) is 17.9 Å². The van der Waals surface area contributed by atoms with Crippen molar-refractivity contribution in [2.45, 2.75) is 33.7 Å². The first-order valence-electron chi connectivity index (χ1n) is 7.08. The van der Waals surface area contributed by atoms with E-state index in [1.54, 1.807) is 6.08 Å². The second-order valence-corrected chi connectivity index (χ2v) is 4.91. The van der Waals surface area contributed by atoms with E-state index in [4.69, 9.17) is 5.26 Å². The number of aryl methyl sites for hydroxylation is 1. The fourth-order valence-corrected chi connectivity index (χ4v) is 2.17. The minimum absolute atomic E-state index is 0.0411. The number of hydrogen-bond donors (Lipinski definition) is 1. The first kappa shape index (κ1) is 17.5. The van der Waals surface area contributed by atoms with E-state index in [1.165, 1.54) is 7.11 Å². The molecule has 0 saturated carbocycles. The van der Waals surface area contributed by atoms with Crippen LogP contribution in [0.4, 0.5) is 0 Å². The molecule has 118 valence electrons. The van der Waals surface area contributed by atoms with E-state index in [0.29, 0.717) is 0 Å². The van der Waals surface area contributed by atoms with Gasteiger partial charge in [-0.2, -0.15) is 5.26 Å². The van der Waals surface area contributed by atoms with Gasteiger partial charge in [-0.25, -0.2) is 0 Å². The number of nitrogens with zero attached hydrogens (tertiary/aromatic N) is 2. The highest BCUT2D eigenvalue weighted by Gasteiger charge is 2.13. The van der Waals surface area contributed by atoms with Gasteiger partial charge in [0.15, 0.2) is 0 Å². The standard InChI is InChI=1S/C16H21N3O3/c1-5-6-19-11(2)7-13(12(19)3)8-14(9-17)16(21)18-10-15(20)22-4/h7-8H,5-6,10H2,1-4H3,(H,18,21)/b14-8+. The molecule has 1 aromatic heterocycles. The summed E-state index contributed by atoms with van der Waals surface area (Å²) in [5.74, 6) is -1.15. The predicted octanol–water partition coefficient (Wildman–Crippen LogP) is 1.71. The molecule has 1 N–H and O–H groups in total. The minimum Gasteiger partial charge on any atom is -0.468 e. The molecule has 22 heavy (non-hydrogen) atoms. The van der Waals surface area contributed by atoms with Crippen molar-refractivity contribution in [3.05, 3.63) is 28.6 Å². The van der Waals surface area contributed by atoms with E-state index in [0.717, 1.165) is 29.9 Å². The number of amides is 1. The Hall–Kier alpha value is -2.55. The van der Waals surface area contributed by atoms with Crippen LogP contribution in [0, 0.1) is 25.2 Å². The summed E-state index contributed by atoms with van der Waals surface area (Å²) in [6, 6.07) is 3.81. The molecule has 0 aromatic carbocycles. The van der Waals surface area contributed by atoms with Crippen molar-refractivity contribution in [3.8, 4) is 6.07 Å². The maximum Gasteiger partial charge on any atom is 0.325 e. The number of nitriles is 1. The number of esters is 1. The van der Waals surface area contributed by atoms with E-state index in [9.17, 15) is 9.59 Å². The third-order valence-electron chi connectivity index (χ3n) is 3.35. The van der Waals surface area contributed by atoms with E-state index in [-0.39, 0.29) is 12.1 Å². The Kier molecular flexibility index (Phi) is 6.39. The summed E-state index contributed by atoms with van der Waals surface area (Å²) in [4.78, 5) is 22.9. The number of ether oxygens (including phenoxy) is 1. The molecular weight excluding hydrogens is 282 g/mol. The first-order valence-corrected chi connectivity index (χ1v) is 7.08. The molecule has 0 unspecified atom stereocenters. The summed E-state index contributed by atoms with van der Waals surface area (Å²) in [6.07, 6.45) is 2.55. The molecule has 0 bridgehead atoms. The van der Waals surface area contributed by atoms with Crippen molar-refractivity contribution in [2.75, 3.05) is 13.7 Å². The summed E-state index contributed by atoms with van der Waals surface area (Å²) in [6.45, 7) is 6.67. The van der Waals surface area contributed by atoms with Crippen LogP contribution in [0.1, 0.15) is 30.3 Å². The number of methoxy groups -OCH3 is 1. The molecule has 1 heterocycles. The highest BCUT2D eigenvalue weighted by molar-refractivity contribution is 6.02. The van der Waals surface area contributed by atoms with Crippen LogP contribution >= 0.6 is 0 Å². The lowest BCUT2D eigenvalue weighted by molar-refractivity contribution is -0.140. The zero-order valence-corrected chi connectivity index (χ0v) is 13.4. The molecule has 0 radical (unpaired) electrons. The Labute approximate surface area is 130 Å². The van der Waals surface area contributed by atoms with Gasteiger partial charge in [0.2, 0.25) is 0 Å². The number of rotatable bonds is 6. The van der Waals surface area contributed by atoms with E-state index in [1.807, 2.05) is 26.0 Å². The van der Waals surface area contributed by atoms with Gasteiger partial charge < -0.3 is 14.6 Å². The second kappa shape index (κ2) is 8.03. The molecule has 0 spiro atoms. The Bertz CT molecular complexity index is 636. The Morgan fingerprint density at radius 3 is 2.68 bits per heavy atom. The van der Waals surface area contributed by atoms with Crippen LogP contribution in [0.5, 0.6) is 0 Å². The van der Waals surface area contributed by atoms with Gasteiger partial charge in [0.05, 0.1) is 7.11 Å². The fourth-order valence-electron chi connectivity index (χ4n) is 2.17. The molecule has 0 aliphatic carbocycles. The van der Waals surface area contributed by atoms with Crippen LogP contribution in [0.2, 0.25) is 0 Å². The molecule has 1 amide bonds. The Morgan fingerprint density at radius 2 is 2.14 bits per heavy atom. The summed E-state index contributed by atoms with van der Waals surface area (Å²) in [5, 5.41) is 11.5. The van der Waals surface area contributed by atoms with E-state index < -0.39 is 11.9 Å². The molecule has 0 saturated heterocycles. The van der Waals surface area contributed by atoms with Gasteiger partial charge in [0.1, 0.15) is 18.2 Å². The molecule has 0 aliphatic rings. The highest BCUT2D eigenvalue weighted by atomic mass is 16.5. The zero-order chi connectivity index (χ0) is 16.7. The van der Waals surface area contributed by atoms with Gasteiger partial charge >= 0.3 is 5.97 Å². The monoisotopic (exact) mass is 303 g/mol. The number of carbonyl (C=O) groups is 2. The summed E-state index contributed by atoms with van der Waals surface area (Å²) >= 11 is 0. The van der Waals surface area contributed by atoms with Crippen molar-refractivity contribution in [1.82, 2.24) is 9.88 Å². The third-order valence-corrected chi connectivity index (χ3v) is 3.35. The van der Waals surface area contributed by atoms with Crippen LogP contribution in [-0.2, 0) is 20.9 Å². The highest BCUT2D eigenvalue weighted by Crippen LogP contribution is 2.18. The van der Waals surface area contributed by atoms with Crippen molar-refractivity contribution >= 4 is 18.0 Å². The van der Waals surface area contributed by atoms with Crippen LogP contribution in [0.25, 0.3) is 6.08 Å². The van der Waals surface area contributed by atoms with Crippen molar-refractivity contribution < 1.29 is 14.3 Å². The summed E-state index contributed by atoms with van der Waals surface area (Å²) in [5.41, 5.74) is 2.88. The Balaban J connectivity index is 2.98. The zero-order valence-electron chi connectivity index (χ0n) is 13.4. The third kappa shape index (κ3) is 4.22. The largest absolute Gasteiger partial charge is 0.468 e. The predicted molar refractivity (Wildman–Crippen MR) is 82.8 cm³/mol. The normalized spacial score (nSPS) is 11.0. The lowest BCUT2D eigenvalue weighted by Crippen LogP contribution is -2.30. The topological polar surface area (TPSA) is 84.1 Å². The van der Waals surface area contributed by atoms with E-state index in [2.05, 4.69) is 21.5 Å². The quantitative estimate of drug-likeness (QED) is 0.492. The van der Waals surface area contributed by atoms with Crippen LogP contribution < -0.4 is 5.32 Å². The molecule has 6 heteroatoms. The van der Waals surface area contributed by atoms with Gasteiger partial charge in [-0.1, -0.05) is 6.92 Å². The smallest absolute Gasteiger partial charge is 0.325 e. The molecule has 0 aliphatic heterocycles. The molecule has 0 atom stereocenters. The molecule has 6 nitrogen and oxygen atoms in total. The van der Waals surface area contributed by atoms with Gasteiger partial charge in [-0.05, 0) is 38.0 Å². The maximum absolute atomic E-state index is 11.9. The molecular formula is C16H21N3O3. The van der Waals surface area contributed by atoms with Crippen LogP contribution in [0.15, 0.2) is 11.6 Å². The number of hydrogen-bond acceptors (Lipinski definition) is 4. The molecule has 1 aromatic rings. The Morgan fingerprint density at radius 1 is 1.45 bits per heavy atom. The number of aromatic nitrogens is 1. The fraction of sp³-hybridized carbons (Fsp3) is 0.438. The van der Waals surface area contributed by atoms with Gasteiger partial charge in [-0.3, -0.25) is 9.59 Å². The van der Waals surface area contributed by atoms with Crippen LogP contribution in [0.3, 0.4) is 0 Å². The second-order valence-electron chi connectivity index (χ2n) is 4.91. The van der Waals surface area contributed by atoms with E-state index >= 15 is 0 Å². The van der Waals surface area contributed by atoms with Crippen LogP contribution in [-0.4, -0.2) is 30.1 Å². The average molecular weight is 303 g/mol. The summed E-state index contributed by atoms with van der Waals surface area (Å²) in [7, 11) is 1.23. The number of carbonyl (C=O) groups excluding carboxylic acids is 2. The van der Waals surface area contributed by atoms with Crippen molar-refractivity contribution in [1.29, 1.82) is 5.26 Å². The average Bonchev–Trinajstić information content (AvgIpc) is 2.77. The first-order chi connectivity index (χ1) is 10.4. The summed E-state index contributed by atoms with van der Waals surface area (Å²) < 4.78 is 6.58. The van der Waals surface area contributed by atoms with Crippen molar-refractivity contribution in [3.63, 3.8) is 0 Å². The SMILES string of the molecule is CCCn1c(C)cc(/C=C(\C#N)C(=O)NCC(=O)OC)c1C. The lowest BCUT2D eigenvalue weighted by atomic mass is 10.1. The van der Waals surface area contributed by atoms with Gasteiger partial charge in [-0.15, -0.1) is 0 Å². The molecule has 1 rings (SSSR count). The van der Waals surface area contributed by atoms with Crippen molar-refractivity contribution in [2.24, 2.45) is 0 Å². The van der Waals surface area contributed by atoms with Gasteiger partial charge in [0.25, 0.3) is 5.91 Å². The number of nitrogens with one attached hydrogen (secondary N) is 1. The minimum atomic E-state index is -0.590. The molecule has 0 fully saturated rings.